The maximum atomic E-state index is 12.7. The number of nitrogens with zero attached hydrogens (tertiary/aromatic N) is 1. The highest BCUT2D eigenvalue weighted by Gasteiger charge is 2.21. The molecule has 2 heterocycles. The summed E-state index contributed by atoms with van der Waals surface area (Å²) in [6.45, 7) is 1.99. The number of amides is 2. The number of nitrogens with one attached hydrogen (secondary N) is 2. The predicted molar refractivity (Wildman–Crippen MR) is 128 cm³/mol. The average Bonchev–Trinajstić information content (AvgIpc) is 3.45. The van der Waals surface area contributed by atoms with Crippen LogP contribution in [0.2, 0.25) is 0 Å². The minimum atomic E-state index is -0.574. The second kappa shape index (κ2) is 12.1. The number of esters is 1. The smallest absolute Gasteiger partial charge is 0.308 e. The lowest BCUT2D eigenvalue weighted by atomic mass is 10.0. The van der Waals surface area contributed by atoms with Crippen molar-refractivity contribution in [2.45, 2.75) is 32.2 Å². The van der Waals surface area contributed by atoms with E-state index in [1.165, 1.54) is 22.7 Å². The van der Waals surface area contributed by atoms with Gasteiger partial charge in [-0.15, -0.1) is 22.7 Å². The monoisotopic (exact) mass is 487 g/mol. The van der Waals surface area contributed by atoms with Gasteiger partial charge in [0.1, 0.15) is 5.75 Å². The number of carbonyl (C=O) groups is 3. The second-order valence-electron chi connectivity index (χ2n) is 7.03. The van der Waals surface area contributed by atoms with Crippen molar-refractivity contribution >= 4 is 45.6 Å². The van der Waals surface area contributed by atoms with Gasteiger partial charge in [-0.05, 0) is 36.1 Å². The molecule has 0 spiro atoms. The van der Waals surface area contributed by atoms with Gasteiger partial charge >= 0.3 is 5.97 Å². The van der Waals surface area contributed by atoms with Crippen LogP contribution in [0.3, 0.4) is 0 Å². The molecular weight excluding hydrogens is 462 g/mol. The van der Waals surface area contributed by atoms with E-state index in [-0.39, 0.29) is 37.7 Å². The number of anilines is 1. The lowest BCUT2D eigenvalue weighted by Gasteiger charge is -2.19. The summed E-state index contributed by atoms with van der Waals surface area (Å²) < 4.78 is 10.3. The van der Waals surface area contributed by atoms with E-state index in [1.54, 1.807) is 37.6 Å². The molecule has 8 nitrogen and oxygen atoms in total. The van der Waals surface area contributed by atoms with E-state index in [1.807, 2.05) is 23.6 Å². The number of hydrogen-bond donors (Lipinski definition) is 2. The summed E-state index contributed by atoms with van der Waals surface area (Å²) in [6, 6.07) is 10.4. The number of methoxy groups -OCH3 is 1. The second-order valence-corrected chi connectivity index (χ2v) is 8.92. The van der Waals surface area contributed by atoms with Crippen molar-refractivity contribution in [2.75, 3.05) is 19.0 Å². The predicted octanol–water partition coefficient (Wildman–Crippen LogP) is 3.75. The van der Waals surface area contributed by atoms with E-state index in [2.05, 4.69) is 15.6 Å². The van der Waals surface area contributed by atoms with Crippen LogP contribution in [-0.2, 0) is 32.0 Å². The first-order chi connectivity index (χ1) is 16.0. The summed E-state index contributed by atoms with van der Waals surface area (Å²) in [5, 5.41) is 9.74. The molecule has 10 heteroatoms. The van der Waals surface area contributed by atoms with E-state index in [4.69, 9.17) is 9.47 Å². The zero-order chi connectivity index (χ0) is 23.6. The summed E-state index contributed by atoms with van der Waals surface area (Å²) in [6.07, 6.45) is 0.289. The number of hydrogen-bond acceptors (Lipinski definition) is 8. The fourth-order valence-corrected chi connectivity index (χ4v) is 4.52. The molecule has 0 radical (unpaired) electrons. The number of rotatable bonds is 11. The van der Waals surface area contributed by atoms with E-state index >= 15 is 0 Å². The Morgan fingerprint density at radius 1 is 1.09 bits per heavy atom. The molecule has 0 aliphatic rings. The molecule has 0 saturated carbocycles. The maximum Gasteiger partial charge on any atom is 0.308 e. The number of aromatic nitrogens is 1. The molecule has 1 atom stereocenters. The Bertz CT molecular complexity index is 1080. The Morgan fingerprint density at radius 3 is 2.67 bits per heavy atom. The highest BCUT2D eigenvalue weighted by Crippen LogP contribution is 2.23. The summed E-state index contributed by atoms with van der Waals surface area (Å²) >= 11 is 2.78. The molecule has 0 aliphatic carbocycles. The van der Waals surface area contributed by atoms with Crippen LogP contribution in [0.4, 0.5) is 5.13 Å². The van der Waals surface area contributed by atoms with Crippen molar-refractivity contribution in [1.82, 2.24) is 10.3 Å². The van der Waals surface area contributed by atoms with Gasteiger partial charge < -0.3 is 20.1 Å². The zero-order valence-corrected chi connectivity index (χ0v) is 20.0. The first-order valence-electron chi connectivity index (χ1n) is 10.3. The summed E-state index contributed by atoms with van der Waals surface area (Å²) in [5.74, 6) is -0.239. The standard InChI is InChI=1S/C23H25N3O5S2/c1-3-31-22(29)13-19(15-6-4-7-17(10-15)30-2)25-20(27)11-16-14-33-23(24-16)26-21(28)12-18-8-5-9-32-18/h4-10,14,19H,3,11-13H2,1-2H3,(H,25,27)(H,24,26,28). The lowest BCUT2D eigenvalue weighted by molar-refractivity contribution is -0.143. The molecular formula is C23H25N3O5S2. The molecule has 3 rings (SSSR count). The largest absolute Gasteiger partial charge is 0.497 e. The van der Waals surface area contributed by atoms with E-state index in [0.717, 1.165) is 10.4 Å². The molecule has 2 amide bonds. The van der Waals surface area contributed by atoms with Crippen molar-refractivity contribution in [3.8, 4) is 5.75 Å². The number of thiazole rings is 1. The minimum Gasteiger partial charge on any atom is -0.497 e. The van der Waals surface area contributed by atoms with Gasteiger partial charge in [-0.3, -0.25) is 14.4 Å². The van der Waals surface area contributed by atoms with Gasteiger partial charge in [-0.25, -0.2) is 4.98 Å². The third-order valence-corrected chi connectivity index (χ3v) is 6.25. The molecule has 3 aromatic rings. The average molecular weight is 488 g/mol. The summed E-state index contributed by atoms with van der Waals surface area (Å²) in [5.41, 5.74) is 1.26. The molecule has 0 aliphatic heterocycles. The Labute approximate surface area is 200 Å². The topological polar surface area (TPSA) is 107 Å². The Morgan fingerprint density at radius 2 is 1.94 bits per heavy atom. The van der Waals surface area contributed by atoms with E-state index in [9.17, 15) is 14.4 Å². The number of carbonyl (C=O) groups excluding carboxylic acids is 3. The molecule has 33 heavy (non-hydrogen) atoms. The van der Waals surface area contributed by atoms with Crippen molar-refractivity contribution < 1.29 is 23.9 Å². The van der Waals surface area contributed by atoms with Crippen LogP contribution < -0.4 is 15.4 Å². The van der Waals surface area contributed by atoms with E-state index in [0.29, 0.717) is 16.6 Å². The van der Waals surface area contributed by atoms with Crippen LogP contribution in [0.15, 0.2) is 47.2 Å². The van der Waals surface area contributed by atoms with Crippen LogP contribution in [0.25, 0.3) is 0 Å². The van der Waals surface area contributed by atoms with Crippen molar-refractivity contribution in [3.63, 3.8) is 0 Å². The normalized spacial score (nSPS) is 11.5. The summed E-state index contributed by atoms with van der Waals surface area (Å²) in [4.78, 5) is 42.3. The van der Waals surface area contributed by atoms with Gasteiger partial charge in [-0.2, -0.15) is 0 Å². The third kappa shape index (κ3) is 7.69. The molecule has 0 bridgehead atoms. The SMILES string of the molecule is CCOC(=O)CC(NC(=O)Cc1csc(NC(=O)Cc2cccs2)n1)c1cccc(OC)c1. The summed E-state index contributed by atoms with van der Waals surface area (Å²) in [7, 11) is 1.55. The van der Waals surface area contributed by atoms with Gasteiger partial charge in [0, 0.05) is 10.3 Å². The van der Waals surface area contributed by atoms with Crippen LogP contribution in [0.1, 0.15) is 35.5 Å². The van der Waals surface area contributed by atoms with Gasteiger partial charge in [0.05, 0.1) is 44.7 Å². The van der Waals surface area contributed by atoms with Gasteiger partial charge in [0.15, 0.2) is 5.13 Å². The first-order valence-corrected chi connectivity index (χ1v) is 12.1. The number of thiophene rings is 1. The quantitative estimate of drug-likeness (QED) is 0.399. The van der Waals surface area contributed by atoms with Gasteiger partial charge in [0.2, 0.25) is 11.8 Å². The molecule has 0 saturated heterocycles. The highest BCUT2D eigenvalue weighted by atomic mass is 32.1. The minimum absolute atomic E-state index is 0.00611. The van der Waals surface area contributed by atoms with Crippen LogP contribution >= 0.6 is 22.7 Å². The van der Waals surface area contributed by atoms with Crippen molar-refractivity contribution in [3.05, 3.63) is 63.3 Å². The zero-order valence-electron chi connectivity index (χ0n) is 18.3. The molecule has 1 unspecified atom stereocenters. The van der Waals surface area contributed by atoms with Crippen LogP contribution in [0.5, 0.6) is 5.75 Å². The fourth-order valence-electron chi connectivity index (χ4n) is 3.09. The number of ether oxygens (including phenoxy) is 2. The third-order valence-electron chi connectivity index (χ3n) is 4.56. The molecule has 1 aromatic carbocycles. The van der Waals surface area contributed by atoms with Crippen LogP contribution in [0, 0.1) is 0 Å². The Hall–Kier alpha value is -3.24. The Kier molecular flexibility index (Phi) is 8.96. The highest BCUT2D eigenvalue weighted by molar-refractivity contribution is 7.14. The molecule has 174 valence electrons. The molecule has 0 fully saturated rings. The Balaban J connectivity index is 1.61. The number of benzene rings is 1. The fraction of sp³-hybridized carbons (Fsp3) is 0.304. The molecule has 2 N–H and O–H groups in total. The molecule has 2 aromatic heterocycles. The van der Waals surface area contributed by atoms with Crippen molar-refractivity contribution in [2.24, 2.45) is 0 Å². The van der Waals surface area contributed by atoms with Gasteiger partial charge in [-0.1, -0.05) is 18.2 Å². The maximum absolute atomic E-state index is 12.7. The van der Waals surface area contributed by atoms with Crippen molar-refractivity contribution in [1.29, 1.82) is 0 Å². The van der Waals surface area contributed by atoms with E-state index < -0.39 is 12.0 Å². The van der Waals surface area contributed by atoms with Crippen LogP contribution in [-0.4, -0.2) is 36.5 Å². The first kappa shape index (κ1) is 24.4. The lowest BCUT2D eigenvalue weighted by Crippen LogP contribution is -2.32. The van der Waals surface area contributed by atoms with Gasteiger partial charge in [0.25, 0.3) is 0 Å².